The smallest absolute Gasteiger partial charge is 0.315 e. The van der Waals surface area contributed by atoms with Gasteiger partial charge in [0.25, 0.3) is 0 Å². The van der Waals surface area contributed by atoms with E-state index in [2.05, 4.69) is 10.6 Å². The number of rotatable bonds is 6. The first-order valence-corrected chi connectivity index (χ1v) is 8.06. The van der Waals surface area contributed by atoms with E-state index in [1.54, 1.807) is 13.2 Å². The molecule has 5 nitrogen and oxygen atoms in total. The zero-order chi connectivity index (χ0) is 16.8. The van der Waals surface area contributed by atoms with E-state index in [-0.39, 0.29) is 36.7 Å². The van der Waals surface area contributed by atoms with E-state index in [0.29, 0.717) is 5.02 Å². The molecule has 0 heterocycles. The number of carbonyl (C=O) groups excluding carboxylic acids is 1. The first-order valence-electron chi connectivity index (χ1n) is 7.68. The van der Waals surface area contributed by atoms with Crippen molar-refractivity contribution in [2.75, 3.05) is 13.7 Å². The number of nitrogens with one attached hydrogen (secondary N) is 2. The standard InChI is InChI=1S/C17H23ClN2O3/c1-11(16(23-2)14-5-3-4-6-15(14)18)19-17(22)20-13-8-7-12(9-13)10-21/h3-8,11-13,16,21H,9-10H2,1-2H3,(H2,19,20,22)/t11-,12-,13+,16-/m0/s1. The number of hydrogen-bond acceptors (Lipinski definition) is 3. The number of amides is 2. The number of aliphatic hydroxyl groups is 1. The van der Waals surface area contributed by atoms with Crippen LogP contribution in [-0.2, 0) is 4.74 Å². The number of halogens is 1. The van der Waals surface area contributed by atoms with Gasteiger partial charge in [0.2, 0.25) is 0 Å². The van der Waals surface area contributed by atoms with Gasteiger partial charge in [-0.2, -0.15) is 0 Å². The average molecular weight is 339 g/mol. The fourth-order valence-corrected chi connectivity index (χ4v) is 3.06. The van der Waals surface area contributed by atoms with E-state index in [0.717, 1.165) is 12.0 Å². The Morgan fingerprint density at radius 1 is 1.43 bits per heavy atom. The van der Waals surface area contributed by atoms with Crippen LogP contribution >= 0.6 is 11.6 Å². The molecule has 0 fully saturated rings. The van der Waals surface area contributed by atoms with E-state index in [4.69, 9.17) is 21.4 Å². The lowest BCUT2D eigenvalue weighted by Crippen LogP contribution is -2.46. The van der Waals surface area contributed by atoms with Gasteiger partial charge in [-0.05, 0) is 19.4 Å². The summed E-state index contributed by atoms with van der Waals surface area (Å²) in [6.45, 7) is 1.98. The Labute approximate surface area is 141 Å². The van der Waals surface area contributed by atoms with Gasteiger partial charge < -0.3 is 20.5 Å². The molecule has 126 valence electrons. The highest BCUT2D eigenvalue weighted by atomic mass is 35.5. The summed E-state index contributed by atoms with van der Waals surface area (Å²) < 4.78 is 5.51. The summed E-state index contributed by atoms with van der Waals surface area (Å²) >= 11 is 6.21. The Hall–Kier alpha value is -1.56. The monoisotopic (exact) mass is 338 g/mol. The van der Waals surface area contributed by atoms with Gasteiger partial charge in [-0.1, -0.05) is 42.0 Å². The summed E-state index contributed by atoms with van der Waals surface area (Å²) in [4.78, 5) is 12.1. The molecule has 23 heavy (non-hydrogen) atoms. The van der Waals surface area contributed by atoms with Crippen molar-refractivity contribution in [3.05, 3.63) is 47.0 Å². The van der Waals surface area contributed by atoms with Gasteiger partial charge in [0.1, 0.15) is 6.10 Å². The zero-order valence-electron chi connectivity index (χ0n) is 13.3. The van der Waals surface area contributed by atoms with Crippen LogP contribution in [0.1, 0.15) is 25.0 Å². The predicted molar refractivity (Wildman–Crippen MR) is 90.5 cm³/mol. The summed E-state index contributed by atoms with van der Waals surface area (Å²) in [5.41, 5.74) is 0.838. The summed E-state index contributed by atoms with van der Waals surface area (Å²) in [5, 5.41) is 15.5. The molecule has 2 rings (SSSR count). The van der Waals surface area contributed by atoms with Crippen LogP contribution in [0.5, 0.6) is 0 Å². The minimum atomic E-state index is -0.334. The van der Waals surface area contributed by atoms with Crippen molar-refractivity contribution in [3.8, 4) is 0 Å². The number of ether oxygens (including phenoxy) is 1. The lowest BCUT2D eigenvalue weighted by molar-refractivity contribution is 0.0762. The topological polar surface area (TPSA) is 70.6 Å². The number of carbonyl (C=O) groups is 1. The van der Waals surface area contributed by atoms with Crippen LogP contribution in [-0.4, -0.2) is 36.9 Å². The van der Waals surface area contributed by atoms with Crippen LogP contribution in [0.4, 0.5) is 4.79 Å². The van der Waals surface area contributed by atoms with Crippen molar-refractivity contribution in [1.82, 2.24) is 10.6 Å². The van der Waals surface area contributed by atoms with Gasteiger partial charge in [-0.3, -0.25) is 0 Å². The largest absolute Gasteiger partial charge is 0.396 e. The van der Waals surface area contributed by atoms with Gasteiger partial charge in [0.15, 0.2) is 0 Å². The fraction of sp³-hybridized carbons (Fsp3) is 0.471. The summed E-state index contributed by atoms with van der Waals surface area (Å²) in [6, 6.07) is 6.86. The van der Waals surface area contributed by atoms with Gasteiger partial charge in [-0.25, -0.2) is 4.79 Å². The molecule has 6 heteroatoms. The van der Waals surface area contributed by atoms with E-state index in [9.17, 15) is 4.79 Å². The van der Waals surface area contributed by atoms with Crippen molar-refractivity contribution in [1.29, 1.82) is 0 Å². The van der Waals surface area contributed by atoms with Gasteiger partial charge in [0.05, 0.1) is 6.04 Å². The first-order chi connectivity index (χ1) is 11.0. The molecule has 1 aromatic rings. The van der Waals surface area contributed by atoms with Crippen molar-refractivity contribution < 1.29 is 14.6 Å². The predicted octanol–water partition coefficient (Wildman–Crippen LogP) is 2.65. The van der Waals surface area contributed by atoms with Crippen molar-refractivity contribution in [3.63, 3.8) is 0 Å². The highest BCUT2D eigenvalue weighted by Gasteiger charge is 2.24. The molecule has 0 unspecified atom stereocenters. The number of urea groups is 1. The van der Waals surface area contributed by atoms with E-state index >= 15 is 0 Å². The van der Waals surface area contributed by atoms with E-state index in [1.807, 2.05) is 37.3 Å². The van der Waals surface area contributed by atoms with Crippen LogP contribution in [0, 0.1) is 5.92 Å². The summed E-state index contributed by atoms with van der Waals surface area (Å²) in [6.07, 6.45) is 4.22. The normalized spacial score (nSPS) is 22.6. The minimum Gasteiger partial charge on any atom is -0.396 e. The van der Waals surface area contributed by atoms with Crippen molar-refractivity contribution in [2.24, 2.45) is 5.92 Å². The Morgan fingerprint density at radius 3 is 2.78 bits per heavy atom. The second-order valence-corrected chi connectivity index (χ2v) is 6.16. The third-order valence-electron chi connectivity index (χ3n) is 4.00. The molecular formula is C17H23ClN2O3. The Kier molecular flexibility index (Phi) is 6.45. The SMILES string of the molecule is CO[C@H](c1ccccc1Cl)[C@H](C)NC(=O)N[C@@H]1C=C[C@H](CO)C1. The molecule has 0 radical (unpaired) electrons. The fourth-order valence-electron chi connectivity index (χ4n) is 2.82. The number of methoxy groups -OCH3 is 1. The molecule has 0 saturated heterocycles. The average Bonchev–Trinajstić information content (AvgIpc) is 2.97. The molecule has 0 aromatic heterocycles. The molecule has 2 amide bonds. The van der Waals surface area contributed by atoms with Crippen molar-refractivity contribution >= 4 is 17.6 Å². The lowest BCUT2D eigenvalue weighted by atomic mass is 10.0. The lowest BCUT2D eigenvalue weighted by Gasteiger charge is -2.25. The van der Waals surface area contributed by atoms with Crippen LogP contribution in [0.25, 0.3) is 0 Å². The molecule has 1 aliphatic carbocycles. The molecular weight excluding hydrogens is 316 g/mol. The molecule has 0 saturated carbocycles. The molecule has 1 aliphatic rings. The van der Waals surface area contributed by atoms with E-state index in [1.165, 1.54) is 0 Å². The number of aliphatic hydroxyl groups excluding tert-OH is 1. The van der Waals surface area contributed by atoms with Gasteiger partial charge >= 0.3 is 6.03 Å². The van der Waals surface area contributed by atoms with Crippen LogP contribution in [0.3, 0.4) is 0 Å². The van der Waals surface area contributed by atoms with Crippen LogP contribution in [0.15, 0.2) is 36.4 Å². The third-order valence-corrected chi connectivity index (χ3v) is 4.35. The maximum Gasteiger partial charge on any atom is 0.315 e. The highest BCUT2D eigenvalue weighted by molar-refractivity contribution is 6.31. The zero-order valence-corrected chi connectivity index (χ0v) is 14.1. The van der Waals surface area contributed by atoms with Crippen molar-refractivity contribution in [2.45, 2.75) is 31.5 Å². The maximum atomic E-state index is 12.1. The maximum absolute atomic E-state index is 12.1. The Bertz CT molecular complexity index is 565. The highest BCUT2D eigenvalue weighted by Crippen LogP contribution is 2.27. The second kappa shape index (κ2) is 8.34. The third kappa shape index (κ3) is 4.70. The summed E-state index contributed by atoms with van der Waals surface area (Å²) in [7, 11) is 1.59. The van der Waals surface area contributed by atoms with E-state index < -0.39 is 0 Å². The molecule has 4 atom stereocenters. The molecule has 0 aliphatic heterocycles. The van der Waals surface area contributed by atoms with Gasteiger partial charge in [-0.15, -0.1) is 0 Å². The Balaban J connectivity index is 1.92. The van der Waals surface area contributed by atoms with Gasteiger partial charge in [0, 0.05) is 36.3 Å². The van der Waals surface area contributed by atoms with Crippen LogP contribution in [0.2, 0.25) is 5.02 Å². The Morgan fingerprint density at radius 2 is 2.17 bits per heavy atom. The number of hydrogen-bond donors (Lipinski definition) is 3. The molecule has 0 bridgehead atoms. The minimum absolute atomic E-state index is 0.0549. The molecule has 0 spiro atoms. The molecule has 1 aromatic carbocycles. The van der Waals surface area contributed by atoms with Crippen LogP contribution < -0.4 is 10.6 Å². The quantitative estimate of drug-likeness (QED) is 0.698. The molecule has 3 N–H and O–H groups in total. The number of benzene rings is 1. The first kappa shape index (κ1) is 17.8. The summed E-state index contributed by atoms with van der Waals surface area (Å²) in [5.74, 6) is 0.118. The second-order valence-electron chi connectivity index (χ2n) is 5.75.